The number of allylic oxidation sites excluding steroid dienone is 2. The maximum absolute atomic E-state index is 13.9. The van der Waals surface area contributed by atoms with E-state index in [9.17, 15) is 9.59 Å². The Hall–Kier alpha value is -4.26. The number of aromatic nitrogens is 3. The van der Waals surface area contributed by atoms with E-state index in [4.69, 9.17) is 4.74 Å². The van der Waals surface area contributed by atoms with Crippen LogP contribution in [0.4, 0.5) is 0 Å². The minimum Gasteiger partial charge on any atom is -0.468 e. The van der Waals surface area contributed by atoms with Crippen LogP contribution in [0.15, 0.2) is 18.0 Å². The summed E-state index contributed by atoms with van der Waals surface area (Å²) >= 11 is 0. The second kappa shape index (κ2) is 9.68. The van der Waals surface area contributed by atoms with Crippen LogP contribution in [-0.2, 0) is 16.0 Å². The number of hydrogen-bond acceptors (Lipinski definition) is 4. The number of ketones is 1. The molecule has 7 nitrogen and oxygen atoms in total. The van der Waals surface area contributed by atoms with Gasteiger partial charge in [0.2, 0.25) is 0 Å². The van der Waals surface area contributed by atoms with Gasteiger partial charge in [0.1, 0.15) is 5.92 Å². The van der Waals surface area contributed by atoms with Crippen LogP contribution in [0, 0.1) is 38.5 Å². The highest BCUT2D eigenvalue weighted by Gasteiger charge is 2.48. The Morgan fingerprint density at radius 2 is 1.68 bits per heavy atom. The number of esters is 1. The first-order valence-corrected chi connectivity index (χ1v) is 14.5. The lowest BCUT2D eigenvalue weighted by atomic mass is 9.86. The van der Waals surface area contributed by atoms with E-state index in [-0.39, 0.29) is 17.6 Å². The summed E-state index contributed by atoms with van der Waals surface area (Å²) in [5, 5.41) is 5.72. The van der Waals surface area contributed by atoms with Crippen molar-refractivity contribution in [2.75, 3.05) is 7.11 Å². The van der Waals surface area contributed by atoms with Crippen molar-refractivity contribution in [3.63, 3.8) is 0 Å². The monoisotopic (exact) mass is 550 g/mol. The number of aromatic amines is 3. The molecule has 1 saturated heterocycles. The van der Waals surface area contributed by atoms with Gasteiger partial charge in [-0.25, -0.2) is 0 Å². The molecule has 0 spiro atoms. The molecule has 3 aliphatic rings. The van der Waals surface area contributed by atoms with Gasteiger partial charge in [-0.1, -0.05) is 33.4 Å². The predicted molar refractivity (Wildman–Crippen MR) is 163 cm³/mol. The first-order chi connectivity index (χ1) is 19.6. The zero-order valence-electron chi connectivity index (χ0n) is 24.9. The van der Waals surface area contributed by atoms with E-state index >= 15 is 0 Å². The van der Waals surface area contributed by atoms with Crippen LogP contribution < -0.4 is 16.0 Å². The number of ether oxygens (including phenoxy) is 1. The lowest BCUT2D eigenvalue weighted by molar-refractivity contribution is -0.141. The maximum atomic E-state index is 13.9. The molecule has 2 aliphatic heterocycles. The third kappa shape index (κ3) is 3.78. The van der Waals surface area contributed by atoms with Crippen molar-refractivity contribution in [3.05, 3.63) is 84.8 Å². The van der Waals surface area contributed by atoms with Crippen LogP contribution in [0.3, 0.4) is 0 Å². The summed E-state index contributed by atoms with van der Waals surface area (Å²) in [6.45, 7) is 16.8. The van der Waals surface area contributed by atoms with Gasteiger partial charge in [0.05, 0.1) is 12.8 Å². The topological polar surface area (TPSA) is 103 Å². The smallest absolute Gasteiger partial charge is 0.321 e. The zero-order valence-corrected chi connectivity index (χ0v) is 24.9. The Bertz CT molecular complexity index is 1840. The molecule has 1 fully saturated rings. The van der Waals surface area contributed by atoms with Crippen molar-refractivity contribution in [3.8, 4) is 0 Å². The van der Waals surface area contributed by atoms with Crippen molar-refractivity contribution >= 4 is 41.6 Å². The Balaban J connectivity index is 1.76. The zero-order chi connectivity index (χ0) is 29.3. The number of rotatable bonds is 4. The van der Waals surface area contributed by atoms with E-state index in [2.05, 4.69) is 79.7 Å². The predicted octanol–water partition coefficient (Wildman–Crippen LogP) is 4.78. The number of carbonyl (C=O) groups excluding carboxylic acids is 2. The number of hydrogen-bond donors (Lipinski definition) is 4. The minimum absolute atomic E-state index is 0.105. The van der Waals surface area contributed by atoms with E-state index < -0.39 is 11.9 Å². The summed E-state index contributed by atoms with van der Waals surface area (Å²) in [7, 11) is 1.35. The molecule has 3 atom stereocenters. The lowest BCUT2D eigenvalue weighted by Crippen LogP contribution is -2.25. The number of Topliss-reactive ketones (excluding diaryl/α,β-unsaturated/α-hetero) is 1. The van der Waals surface area contributed by atoms with Gasteiger partial charge >= 0.3 is 5.97 Å². The first-order valence-electron chi connectivity index (χ1n) is 14.5. The van der Waals surface area contributed by atoms with Crippen LogP contribution >= 0.6 is 0 Å². The molecule has 0 radical (unpaired) electrons. The van der Waals surface area contributed by atoms with Crippen LogP contribution in [0.25, 0.3) is 29.9 Å². The summed E-state index contributed by atoms with van der Waals surface area (Å²) in [5.74, 6) is -1.48. The number of H-pyrrole nitrogens is 3. The highest BCUT2D eigenvalue weighted by molar-refractivity contribution is 6.24. The molecule has 4 N–H and O–H groups in total. The van der Waals surface area contributed by atoms with Gasteiger partial charge in [-0.3, -0.25) is 9.59 Å². The normalized spacial score (nSPS) is 25.6. The van der Waals surface area contributed by atoms with Crippen molar-refractivity contribution in [2.45, 2.75) is 54.4 Å². The van der Waals surface area contributed by atoms with E-state index in [1.807, 2.05) is 13.0 Å². The molecule has 0 saturated carbocycles. The Labute approximate surface area is 240 Å². The van der Waals surface area contributed by atoms with Gasteiger partial charge in [0, 0.05) is 67.7 Å². The third-order valence-electron chi connectivity index (χ3n) is 9.52. The summed E-state index contributed by atoms with van der Waals surface area (Å²) in [6, 6.07) is 0. The first kappa shape index (κ1) is 26.9. The standard InChI is InChI=1S/C34H38N4O3/c1-9-19-15(4)22-12-24-17(6)21(11-3)31(37-24)29-30(34(40)41-8)33(39)28-18(7)25(38-32(28)29)14-27-20(10-2)16(5)23(36-27)13-26(19)35-22/h9,12-14,17,21,30,35-38H,1,10-11H2,2-8H3/b23-13-,24-12-,27-14-,31-29-/t17-,21-,30+/m0/s1. The summed E-state index contributed by atoms with van der Waals surface area (Å²) in [4.78, 5) is 37.9. The molecule has 3 aromatic rings. The largest absolute Gasteiger partial charge is 0.468 e. The van der Waals surface area contributed by atoms with Gasteiger partial charge in [-0.15, -0.1) is 0 Å². The average Bonchev–Trinajstić information content (AvgIpc) is 3.69. The maximum Gasteiger partial charge on any atom is 0.321 e. The Kier molecular flexibility index (Phi) is 6.36. The second-order valence-corrected chi connectivity index (χ2v) is 11.5. The van der Waals surface area contributed by atoms with Crippen molar-refractivity contribution in [1.29, 1.82) is 0 Å². The average molecular weight is 551 g/mol. The fraction of sp³-hybridized carbons (Fsp3) is 0.353. The number of carbonyl (C=O) groups is 2. The number of nitrogens with one attached hydrogen (secondary N) is 4. The third-order valence-corrected chi connectivity index (χ3v) is 9.52. The molecular formula is C34H38N4O3. The van der Waals surface area contributed by atoms with Gasteiger partial charge < -0.3 is 25.0 Å². The quantitative estimate of drug-likeness (QED) is 0.277. The van der Waals surface area contributed by atoms with Gasteiger partial charge in [0.25, 0.3) is 0 Å². The van der Waals surface area contributed by atoms with Crippen molar-refractivity contribution < 1.29 is 14.3 Å². The van der Waals surface area contributed by atoms with E-state index in [0.717, 1.165) is 74.4 Å². The molecule has 6 rings (SSSR count). The molecule has 0 unspecified atom stereocenters. The summed E-state index contributed by atoms with van der Waals surface area (Å²) in [6.07, 6.45) is 10.0. The molecule has 1 aliphatic carbocycles. The molecule has 41 heavy (non-hydrogen) atoms. The van der Waals surface area contributed by atoms with Crippen LogP contribution in [0.5, 0.6) is 0 Å². The van der Waals surface area contributed by atoms with E-state index in [1.54, 1.807) is 0 Å². The van der Waals surface area contributed by atoms with Crippen molar-refractivity contribution in [2.24, 2.45) is 17.8 Å². The van der Waals surface area contributed by atoms with Crippen LogP contribution in [0.2, 0.25) is 0 Å². The van der Waals surface area contributed by atoms with Gasteiger partial charge in [-0.2, -0.15) is 0 Å². The fourth-order valence-electron chi connectivity index (χ4n) is 7.16. The molecule has 0 aromatic carbocycles. The van der Waals surface area contributed by atoms with Crippen molar-refractivity contribution in [1.82, 2.24) is 20.3 Å². The van der Waals surface area contributed by atoms with Gasteiger partial charge in [0.15, 0.2) is 5.78 Å². The van der Waals surface area contributed by atoms with E-state index in [1.165, 1.54) is 18.2 Å². The molecule has 212 valence electrons. The fourth-order valence-corrected chi connectivity index (χ4v) is 7.16. The second-order valence-electron chi connectivity index (χ2n) is 11.5. The van der Waals surface area contributed by atoms with E-state index in [0.29, 0.717) is 11.1 Å². The van der Waals surface area contributed by atoms with Crippen LogP contribution in [-0.4, -0.2) is 33.8 Å². The lowest BCUT2D eigenvalue weighted by Gasteiger charge is -2.18. The summed E-state index contributed by atoms with van der Waals surface area (Å²) < 4.78 is 5.18. The molecule has 3 aromatic heterocycles. The highest BCUT2D eigenvalue weighted by atomic mass is 16.5. The molecule has 0 amide bonds. The Morgan fingerprint density at radius 3 is 2.34 bits per heavy atom. The molecule has 7 heteroatoms. The SMILES string of the molecule is C=Cc1c2[nH]c(c1C)/C=C1\N/C(=C3\c4[nH]c(c(C)c4C(=O)[C@@H]3C(=O)OC)/C=c3\[nH]/c(c(C)c3CC)=C\2)[C@@H](CC)[C@@H]1C. The molecule has 8 bridgehead atoms. The van der Waals surface area contributed by atoms with Gasteiger partial charge in [-0.05, 0) is 74.1 Å². The Morgan fingerprint density at radius 1 is 0.976 bits per heavy atom. The highest BCUT2D eigenvalue weighted by Crippen LogP contribution is 2.47. The minimum atomic E-state index is -0.998. The molecular weight excluding hydrogens is 512 g/mol. The number of fused-ring (bicyclic) bond motifs is 7. The number of methoxy groups -OCH3 is 1. The summed E-state index contributed by atoms with van der Waals surface area (Å²) in [5.41, 5.74) is 12.3. The molecule has 5 heterocycles. The van der Waals surface area contributed by atoms with Crippen LogP contribution in [0.1, 0.15) is 88.1 Å².